The highest BCUT2D eigenvalue weighted by atomic mass is 16.2. The van der Waals surface area contributed by atoms with E-state index >= 15 is 0 Å². The molecule has 2 fully saturated rings. The summed E-state index contributed by atoms with van der Waals surface area (Å²) in [5.41, 5.74) is 4.47. The predicted molar refractivity (Wildman–Crippen MR) is 118 cm³/mol. The van der Waals surface area contributed by atoms with Gasteiger partial charge in [-0.15, -0.1) is 0 Å². The van der Waals surface area contributed by atoms with Gasteiger partial charge in [-0.2, -0.15) is 0 Å². The molecule has 0 bridgehead atoms. The van der Waals surface area contributed by atoms with Crippen molar-refractivity contribution in [1.82, 2.24) is 19.9 Å². The first-order valence-electron chi connectivity index (χ1n) is 11.0. The molecule has 2 aliphatic rings. The van der Waals surface area contributed by atoms with Crippen LogP contribution >= 0.6 is 0 Å². The summed E-state index contributed by atoms with van der Waals surface area (Å²) in [5, 5.41) is 1.23. The molecule has 6 nitrogen and oxygen atoms in total. The minimum Gasteiger partial charge on any atom is -0.359 e. The Bertz CT molecular complexity index is 1080. The number of likely N-dealkylation sites (tertiary alicyclic amines) is 1. The largest absolute Gasteiger partial charge is 0.359 e. The van der Waals surface area contributed by atoms with E-state index in [1.807, 2.05) is 19.2 Å². The highest BCUT2D eigenvalue weighted by Crippen LogP contribution is 2.40. The molecule has 156 valence electrons. The highest BCUT2D eigenvalue weighted by Gasteiger charge is 2.44. The van der Waals surface area contributed by atoms with Gasteiger partial charge in [-0.1, -0.05) is 12.1 Å². The van der Waals surface area contributed by atoms with Gasteiger partial charge in [-0.25, -0.2) is 9.97 Å². The fourth-order valence-electron chi connectivity index (χ4n) is 5.26. The van der Waals surface area contributed by atoms with E-state index in [0.29, 0.717) is 18.9 Å². The standard InChI is InChI=1S/C24H29N5O/c1-17-8-12-25-23(27-17)28-13-10-24(11-14-28)9-4-7-22(30)29(24)16-19-5-3-6-21-20(19)15-18(2)26-21/h3,5-6,8,12,15,26H,4,7,9-11,13-14,16H2,1-2H3. The van der Waals surface area contributed by atoms with Gasteiger partial charge in [0.15, 0.2) is 0 Å². The maximum absolute atomic E-state index is 13.1. The zero-order chi connectivity index (χ0) is 20.7. The van der Waals surface area contributed by atoms with E-state index < -0.39 is 0 Å². The topological polar surface area (TPSA) is 65.1 Å². The zero-order valence-electron chi connectivity index (χ0n) is 17.8. The molecule has 1 aromatic carbocycles. The minimum atomic E-state index is -0.0524. The van der Waals surface area contributed by atoms with Gasteiger partial charge in [0.05, 0.1) is 0 Å². The fraction of sp³-hybridized carbons (Fsp3) is 0.458. The average Bonchev–Trinajstić information content (AvgIpc) is 3.12. The maximum atomic E-state index is 13.1. The average molecular weight is 404 g/mol. The number of anilines is 1. The molecule has 2 aliphatic heterocycles. The number of aromatic amines is 1. The quantitative estimate of drug-likeness (QED) is 0.714. The van der Waals surface area contributed by atoms with Crippen LogP contribution in [0.25, 0.3) is 10.9 Å². The second-order valence-corrected chi connectivity index (χ2v) is 8.87. The van der Waals surface area contributed by atoms with Crippen LogP contribution in [0.15, 0.2) is 36.5 Å². The third kappa shape index (κ3) is 3.34. The Kier molecular flexibility index (Phi) is 4.72. The van der Waals surface area contributed by atoms with E-state index in [1.165, 1.54) is 10.9 Å². The van der Waals surface area contributed by atoms with Crippen LogP contribution < -0.4 is 4.90 Å². The van der Waals surface area contributed by atoms with Gasteiger partial charge >= 0.3 is 0 Å². The number of benzene rings is 1. The molecule has 1 spiro atoms. The molecule has 2 aromatic heterocycles. The van der Waals surface area contributed by atoms with Crippen molar-refractivity contribution in [2.24, 2.45) is 0 Å². The van der Waals surface area contributed by atoms with Crippen LogP contribution in [0.4, 0.5) is 5.95 Å². The Balaban J connectivity index is 1.40. The van der Waals surface area contributed by atoms with Crippen LogP contribution in [0.1, 0.15) is 49.1 Å². The normalized spacial score (nSPS) is 19.1. The van der Waals surface area contributed by atoms with Crippen LogP contribution in [0.5, 0.6) is 0 Å². The summed E-state index contributed by atoms with van der Waals surface area (Å²) in [4.78, 5) is 30.0. The van der Waals surface area contributed by atoms with Gasteiger partial charge in [0.1, 0.15) is 0 Å². The van der Waals surface area contributed by atoms with Gasteiger partial charge < -0.3 is 14.8 Å². The second kappa shape index (κ2) is 7.42. The number of rotatable bonds is 3. The zero-order valence-corrected chi connectivity index (χ0v) is 17.8. The van der Waals surface area contributed by atoms with Crippen LogP contribution in [-0.2, 0) is 11.3 Å². The lowest BCUT2D eigenvalue weighted by molar-refractivity contribution is -0.144. The van der Waals surface area contributed by atoms with E-state index in [-0.39, 0.29) is 5.54 Å². The lowest BCUT2D eigenvalue weighted by atomic mass is 9.78. The highest BCUT2D eigenvalue weighted by molar-refractivity contribution is 5.85. The summed E-state index contributed by atoms with van der Waals surface area (Å²) in [7, 11) is 0. The maximum Gasteiger partial charge on any atom is 0.225 e. The molecule has 1 amide bonds. The van der Waals surface area contributed by atoms with Crippen molar-refractivity contribution in [2.75, 3.05) is 18.0 Å². The number of amides is 1. The van der Waals surface area contributed by atoms with Gasteiger partial charge in [-0.05, 0) is 63.3 Å². The Morgan fingerprint density at radius 1 is 1.13 bits per heavy atom. The number of nitrogens with one attached hydrogen (secondary N) is 1. The summed E-state index contributed by atoms with van der Waals surface area (Å²) in [6.45, 7) is 6.55. The Labute approximate surface area is 177 Å². The van der Waals surface area contributed by atoms with Crippen LogP contribution in [-0.4, -0.2) is 44.4 Å². The van der Waals surface area contributed by atoms with Gasteiger partial charge in [0.2, 0.25) is 11.9 Å². The first-order valence-corrected chi connectivity index (χ1v) is 11.0. The monoisotopic (exact) mass is 403 g/mol. The number of carbonyl (C=O) groups excluding carboxylic acids is 1. The van der Waals surface area contributed by atoms with Crippen molar-refractivity contribution in [1.29, 1.82) is 0 Å². The fourth-order valence-corrected chi connectivity index (χ4v) is 5.26. The molecular weight excluding hydrogens is 374 g/mol. The summed E-state index contributed by atoms with van der Waals surface area (Å²) in [6, 6.07) is 10.5. The SMILES string of the molecule is Cc1ccnc(N2CCC3(CCCC(=O)N3Cc3cccc4[nH]c(C)cc34)CC2)n1. The van der Waals surface area contributed by atoms with Crippen molar-refractivity contribution >= 4 is 22.8 Å². The number of aromatic nitrogens is 3. The lowest BCUT2D eigenvalue weighted by Crippen LogP contribution is -2.59. The molecule has 0 aliphatic carbocycles. The minimum absolute atomic E-state index is 0.0524. The molecule has 2 saturated heterocycles. The molecule has 5 rings (SSSR count). The second-order valence-electron chi connectivity index (χ2n) is 8.87. The molecule has 0 unspecified atom stereocenters. The molecule has 30 heavy (non-hydrogen) atoms. The molecule has 6 heteroatoms. The Morgan fingerprint density at radius 2 is 1.97 bits per heavy atom. The number of hydrogen-bond donors (Lipinski definition) is 1. The third-order valence-electron chi connectivity index (χ3n) is 6.88. The molecule has 1 N–H and O–H groups in total. The first-order chi connectivity index (χ1) is 14.5. The van der Waals surface area contributed by atoms with Gasteiger partial charge in [-0.3, -0.25) is 4.79 Å². The summed E-state index contributed by atoms with van der Waals surface area (Å²) in [5.74, 6) is 1.11. The van der Waals surface area contributed by atoms with Crippen molar-refractivity contribution in [3.8, 4) is 0 Å². The van der Waals surface area contributed by atoms with Gasteiger partial charge in [0, 0.05) is 60.1 Å². The first kappa shape index (κ1) is 19.1. The van der Waals surface area contributed by atoms with Crippen molar-refractivity contribution in [2.45, 2.75) is 58.0 Å². The summed E-state index contributed by atoms with van der Waals surface area (Å²) < 4.78 is 0. The number of fused-ring (bicyclic) bond motifs is 1. The number of carbonyl (C=O) groups is 1. The molecule has 3 aromatic rings. The Morgan fingerprint density at radius 3 is 2.77 bits per heavy atom. The van der Waals surface area contributed by atoms with Crippen LogP contribution in [0, 0.1) is 13.8 Å². The number of nitrogens with zero attached hydrogens (tertiary/aromatic N) is 4. The van der Waals surface area contributed by atoms with E-state index in [0.717, 1.165) is 61.6 Å². The molecule has 0 radical (unpaired) electrons. The van der Waals surface area contributed by atoms with Crippen molar-refractivity contribution < 1.29 is 4.79 Å². The summed E-state index contributed by atoms with van der Waals surface area (Å²) >= 11 is 0. The molecular formula is C24H29N5O. The van der Waals surface area contributed by atoms with E-state index in [1.54, 1.807) is 0 Å². The van der Waals surface area contributed by atoms with Crippen LogP contribution in [0.2, 0.25) is 0 Å². The van der Waals surface area contributed by atoms with E-state index in [4.69, 9.17) is 0 Å². The van der Waals surface area contributed by atoms with Crippen molar-refractivity contribution in [3.63, 3.8) is 0 Å². The number of aryl methyl sites for hydroxylation is 2. The van der Waals surface area contributed by atoms with Crippen molar-refractivity contribution in [3.05, 3.63) is 53.5 Å². The van der Waals surface area contributed by atoms with E-state index in [9.17, 15) is 4.79 Å². The Hall–Kier alpha value is -2.89. The number of hydrogen-bond acceptors (Lipinski definition) is 4. The van der Waals surface area contributed by atoms with Gasteiger partial charge in [0.25, 0.3) is 0 Å². The lowest BCUT2D eigenvalue weighted by Gasteiger charge is -2.51. The molecule has 0 saturated carbocycles. The molecule has 4 heterocycles. The molecule has 0 atom stereocenters. The number of piperidine rings is 2. The smallest absolute Gasteiger partial charge is 0.225 e. The van der Waals surface area contributed by atoms with E-state index in [2.05, 4.69) is 55.9 Å². The predicted octanol–water partition coefficient (Wildman–Crippen LogP) is 4.13. The summed E-state index contributed by atoms with van der Waals surface area (Å²) in [6.07, 6.45) is 6.51. The number of H-pyrrole nitrogens is 1. The third-order valence-corrected chi connectivity index (χ3v) is 6.88. The van der Waals surface area contributed by atoms with Crippen LogP contribution in [0.3, 0.4) is 0 Å².